The van der Waals surface area contributed by atoms with Crippen LogP contribution in [0.2, 0.25) is 0 Å². The van der Waals surface area contributed by atoms with Gasteiger partial charge in [0, 0.05) is 19.1 Å². The summed E-state index contributed by atoms with van der Waals surface area (Å²) in [5.41, 5.74) is 3.87. The van der Waals surface area contributed by atoms with Crippen LogP contribution in [0.4, 0.5) is 0 Å². The molecule has 2 aliphatic heterocycles. The highest BCUT2D eigenvalue weighted by Crippen LogP contribution is 2.42. The highest BCUT2D eigenvalue weighted by Gasteiger charge is 2.35. The van der Waals surface area contributed by atoms with E-state index in [0.717, 1.165) is 49.4 Å². The van der Waals surface area contributed by atoms with Gasteiger partial charge < -0.3 is 14.2 Å². The van der Waals surface area contributed by atoms with Gasteiger partial charge in [-0.3, -0.25) is 4.90 Å². The molecule has 4 nitrogen and oxygen atoms in total. The van der Waals surface area contributed by atoms with Crippen LogP contribution in [0.1, 0.15) is 56.3 Å². The molecule has 0 amide bonds. The molecule has 0 aromatic heterocycles. The molecular weight excluding hydrogens is 362 g/mol. The summed E-state index contributed by atoms with van der Waals surface area (Å²) >= 11 is 0. The minimum Gasteiger partial charge on any atom is -0.493 e. The molecule has 0 N–H and O–H groups in total. The molecule has 2 aromatic rings. The van der Waals surface area contributed by atoms with E-state index in [1.807, 2.05) is 18.2 Å². The summed E-state index contributed by atoms with van der Waals surface area (Å²) in [6.07, 6.45) is 3.59. The Morgan fingerprint density at radius 1 is 1.03 bits per heavy atom. The first kappa shape index (κ1) is 20.2. The topological polar surface area (TPSA) is 30.9 Å². The normalized spacial score (nSPS) is 21.9. The van der Waals surface area contributed by atoms with E-state index >= 15 is 0 Å². The largest absolute Gasteiger partial charge is 0.493 e. The average molecular weight is 396 g/mol. The van der Waals surface area contributed by atoms with Crippen molar-refractivity contribution >= 4 is 0 Å². The van der Waals surface area contributed by atoms with E-state index in [9.17, 15) is 0 Å². The molecule has 2 heterocycles. The van der Waals surface area contributed by atoms with Crippen LogP contribution in [0.15, 0.2) is 42.5 Å². The van der Waals surface area contributed by atoms with Gasteiger partial charge in [0.25, 0.3) is 0 Å². The summed E-state index contributed by atoms with van der Waals surface area (Å²) in [7, 11) is 1.73. The molecule has 2 atom stereocenters. The molecule has 0 unspecified atom stereocenters. The summed E-state index contributed by atoms with van der Waals surface area (Å²) in [5, 5.41) is 0. The quantitative estimate of drug-likeness (QED) is 0.700. The number of fused-ring (bicyclic) bond motifs is 3. The predicted octanol–water partition coefficient (Wildman–Crippen LogP) is 5.15. The zero-order chi connectivity index (χ0) is 20.4. The van der Waals surface area contributed by atoms with E-state index in [2.05, 4.69) is 49.9 Å². The lowest BCUT2D eigenvalue weighted by molar-refractivity contribution is -0.0971. The van der Waals surface area contributed by atoms with Crippen molar-refractivity contribution < 1.29 is 14.2 Å². The summed E-state index contributed by atoms with van der Waals surface area (Å²) in [4.78, 5) is 2.59. The Labute approximate surface area is 174 Å². The van der Waals surface area contributed by atoms with Gasteiger partial charge in [-0.05, 0) is 68.9 Å². The molecule has 0 saturated carbocycles. The molecule has 4 heteroatoms. The summed E-state index contributed by atoms with van der Waals surface area (Å²) in [6.45, 7) is 9.07. The Morgan fingerprint density at radius 2 is 1.83 bits per heavy atom. The molecule has 0 radical (unpaired) electrons. The minimum atomic E-state index is -0.0839. The van der Waals surface area contributed by atoms with Crippen molar-refractivity contribution in [3.63, 3.8) is 0 Å². The van der Waals surface area contributed by atoms with Gasteiger partial charge in [0.2, 0.25) is 0 Å². The SMILES string of the molecule is COc1cc2c(cc1OCc1ccccc1)CCN1C[C@@H](OC(C)(C)C)CC[C@H]21. The van der Waals surface area contributed by atoms with E-state index in [0.29, 0.717) is 18.8 Å². The summed E-state index contributed by atoms with van der Waals surface area (Å²) in [6, 6.07) is 15.1. The zero-order valence-electron chi connectivity index (χ0n) is 18.1. The molecule has 156 valence electrons. The number of piperidine rings is 1. The van der Waals surface area contributed by atoms with Crippen LogP contribution >= 0.6 is 0 Å². The van der Waals surface area contributed by atoms with E-state index in [4.69, 9.17) is 14.2 Å². The van der Waals surface area contributed by atoms with Crippen LogP contribution in [0.5, 0.6) is 11.5 Å². The Morgan fingerprint density at radius 3 is 2.55 bits per heavy atom. The van der Waals surface area contributed by atoms with Crippen LogP contribution in [-0.4, -0.2) is 36.8 Å². The second-order valence-corrected chi connectivity index (χ2v) is 9.17. The second-order valence-electron chi connectivity index (χ2n) is 9.17. The van der Waals surface area contributed by atoms with Gasteiger partial charge in [0.1, 0.15) is 6.61 Å². The van der Waals surface area contributed by atoms with Crippen molar-refractivity contribution in [3.05, 3.63) is 59.2 Å². The van der Waals surface area contributed by atoms with E-state index < -0.39 is 0 Å². The molecule has 0 spiro atoms. The fourth-order valence-electron chi connectivity index (χ4n) is 4.62. The van der Waals surface area contributed by atoms with Crippen molar-refractivity contribution in [1.29, 1.82) is 0 Å². The standard InChI is InChI=1S/C25H33NO3/c1-25(2,3)29-20-10-11-22-21-15-23(27-4)24(14-19(21)12-13-26(22)16-20)28-17-18-8-6-5-7-9-18/h5-9,14-15,20,22H,10-13,16-17H2,1-4H3/t20-,22+/m0/s1. The number of rotatable bonds is 5. The lowest BCUT2D eigenvalue weighted by Crippen LogP contribution is -2.47. The van der Waals surface area contributed by atoms with Crippen molar-refractivity contribution in [1.82, 2.24) is 4.90 Å². The maximum absolute atomic E-state index is 6.27. The van der Waals surface area contributed by atoms with Crippen molar-refractivity contribution in [2.75, 3.05) is 20.2 Å². The van der Waals surface area contributed by atoms with Gasteiger partial charge in [-0.2, -0.15) is 0 Å². The first-order valence-electron chi connectivity index (χ1n) is 10.7. The fourth-order valence-corrected chi connectivity index (χ4v) is 4.62. The van der Waals surface area contributed by atoms with E-state index in [-0.39, 0.29) is 5.60 Å². The molecule has 1 saturated heterocycles. The maximum Gasteiger partial charge on any atom is 0.161 e. The highest BCUT2D eigenvalue weighted by molar-refractivity contribution is 5.49. The molecule has 0 aliphatic carbocycles. The number of hydrogen-bond acceptors (Lipinski definition) is 4. The smallest absolute Gasteiger partial charge is 0.161 e. The Bertz CT molecular complexity index is 828. The molecule has 4 rings (SSSR count). The lowest BCUT2D eigenvalue weighted by atomic mass is 9.85. The monoisotopic (exact) mass is 395 g/mol. The summed E-state index contributed by atoms with van der Waals surface area (Å²) in [5.74, 6) is 1.67. The van der Waals surface area contributed by atoms with E-state index in [1.54, 1.807) is 7.11 Å². The third-order valence-corrected chi connectivity index (χ3v) is 5.85. The second kappa shape index (κ2) is 8.37. The molecular formula is C25H33NO3. The predicted molar refractivity (Wildman–Crippen MR) is 116 cm³/mol. The van der Waals surface area contributed by atoms with Crippen LogP contribution in [0, 0.1) is 0 Å². The van der Waals surface area contributed by atoms with Crippen molar-refractivity contribution in [3.8, 4) is 11.5 Å². The van der Waals surface area contributed by atoms with Crippen LogP contribution in [0.3, 0.4) is 0 Å². The first-order chi connectivity index (χ1) is 13.9. The summed E-state index contributed by atoms with van der Waals surface area (Å²) < 4.78 is 18.1. The van der Waals surface area contributed by atoms with Gasteiger partial charge in [-0.25, -0.2) is 0 Å². The van der Waals surface area contributed by atoms with Crippen molar-refractivity contribution in [2.45, 2.75) is 64.4 Å². The van der Waals surface area contributed by atoms with Crippen LogP contribution in [0.25, 0.3) is 0 Å². The third kappa shape index (κ3) is 4.76. The Kier molecular flexibility index (Phi) is 5.84. The highest BCUT2D eigenvalue weighted by atomic mass is 16.5. The zero-order valence-corrected chi connectivity index (χ0v) is 18.1. The number of benzene rings is 2. The lowest BCUT2D eigenvalue weighted by Gasteiger charge is -2.44. The number of hydrogen-bond donors (Lipinski definition) is 0. The Balaban J connectivity index is 1.50. The van der Waals surface area contributed by atoms with Crippen LogP contribution < -0.4 is 9.47 Å². The number of nitrogens with zero attached hydrogens (tertiary/aromatic N) is 1. The molecule has 2 aromatic carbocycles. The van der Waals surface area contributed by atoms with Crippen molar-refractivity contribution in [2.24, 2.45) is 0 Å². The Hall–Kier alpha value is -2.04. The number of ether oxygens (including phenoxy) is 3. The minimum absolute atomic E-state index is 0.0839. The van der Waals surface area contributed by atoms with Crippen LogP contribution in [-0.2, 0) is 17.8 Å². The van der Waals surface area contributed by atoms with Gasteiger partial charge in [-0.1, -0.05) is 30.3 Å². The molecule has 2 aliphatic rings. The third-order valence-electron chi connectivity index (χ3n) is 5.85. The maximum atomic E-state index is 6.27. The van der Waals surface area contributed by atoms with E-state index in [1.165, 1.54) is 11.1 Å². The first-order valence-corrected chi connectivity index (χ1v) is 10.7. The molecule has 0 bridgehead atoms. The number of methoxy groups -OCH3 is 1. The molecule has 29 heavy (non-hydrogen) atoms. The average Bonchev–Trinajstić information content (AvgIpc) is 2.70. The van der Waals surface area contributed by atoms with Gasteiger partial charge >= 0.3 is 0 Å². The van der Waals surface area contributed by atoms with Gasteiger partial charge in [0.05, 0.1) is 18.8 Å². The molecule has 1 fully saturated rings. The fraction of sp³-hybridized carbons (Fsp3) is 0.520. The van der Waals surface area contributed by atoms with Gasteiger partial charge in [0.15, 0.2) is 11.5 Å². The van der Waals surface area contributed by atoms with Gasteiger partial charge in [-0.15, -0.1) is 0 Å².